The highest BCUT2D eigenvalue weighted by Gasteiger charge is 2.30. The predicted octanol–water partition coefficient (Wildman–Crippen LogP) is 1.85. The van der Waals surface area contributed by atoms with Gasteiger partial charge in [0.05, 0.1) is 11.4 Å². The Kier molecular flexibility index (Phi) is 6.03. The molecule has 0 unspecified atom stereocenters. The summed E-state index contributed by atoms with van der Waals surface area (Å²) < 4.78 is 24.7. The second-order valence-electron chi connectivity index (χ2n) is 4.73. The molecule has 21 heavy (non-hydrogen) atoms. The maximum atomic E-state index is 12.3. The number of nitrogens with zero attached hydrogens (tertiary/aromatic N) is 1. The number of nitrogens with two attached hydrogens (primary N) is 2. The third kappa shape index (κ3) is 3.68. The number of nitrogen functional groups attached to an aromatic ring is 1. The summed E-state index contributed by atoms with van der Waals surface area (Å²) in [4.78, 5) is 13.6. The van der Waals surface area contributed by atoms with Gasteiger partial charge in [0.2, 0.25) is 0 Å². The van der Waals surface area contributed by atoms with Crippen molar-refractivity contribution in [1.82, 2.24) is 0 Å². The third-order valence-corrected chi connectivity index (χ3v) is 6.28. The van der Waals surface area contributed by atoms with E-state index in [1.807, 2.05) is 18.7 Å². The van der Waals surface area contributed by atoms with E-state index < -0.39 is 15.7 Å². The van der Waals surface area contributed by atoms with Crippen LogP contribution < -0.4 is 16.4 Å². The Balaban J connectivity index is 3.55. The number of thiophene rings is 1. The van der Waals surface area contributed by atoms with E-state index >= 15 is 0 Å². The maximum absolute atomic E-state index is 12.3. The van der Waals surface area contributed by atoms with Gasteiger partial charge in [0, 0.05) is 13.1 Å². The van der Waals surface area contributed by atoms with Gasteiger partial charge in [0.15, 0.2) is 9.84 Å². The maximum Gasteiger partial charge on any atom is 0.261 e. The lowest BCUT2D eigenvalue weighted by Crippen LogP contribution is -2.25. The van der Waals surface area contributed by atoms with Crippen LogP contribution in [0.4, 0.5) is 10.7 Å². The van der Waals surface area contributed by atoms with Crippen molar-refractivity contribution in [2.75, 3.05) is 29.5 Å². The number of hydrogen-bond donors (Lipinski definition) is 2. The van der Waals surface area contributed by atoms with Crippen molar-refractivity contribution in [3.05, 3.63) is 4.88 Å². The smallest absolute Gasteiger partial charge is 0.261 e. The van der Waals surface area contributed by atoms with Gasteiger partial charge in [-0.15, -0.1) is 11.3 Å². The van der Waals surface area contributed by atoms with Gasteiger partial charge in [-0.25, -0.2) is 8.42 Å². The first kappa shape index (κ1) is 17.8. The molecule has 1 aromatic heterocycles. The minimum absolute atomic E-state index is 0.0124. The van der Waals surface area contributed by atoms with E-state index in [1.54, 1.807) is 6.92 Å². The molecule has 0 atom stereocenters. The van der Waals surface area contributed by atoms with Crippen LogP contribution in [0.5, 0.6) is 0 Å². The average molecular weight is 333 g/mol. The minimum Gasteiger partial charge on any atom is -0.396 e. The Bertz CT molecular complexity index is 602. The third-order valence-electron chi connectivity index (χ3n) is 3.07. The lowest BCUT2D eigenvalue weighted by atomic mass is 10.3. The molecule has 4 N–H and O–H groups in total. The monoisotopic (exact) mass is 333 g/mol. The first-order valence-corrected chi connectivity index (χ1v) is 9.46. The van der Waals surface area contributed by atoms with E-state index in [0.717, 1.165) is 24.2 Å². The van der Waals surface area contributed by atoms with Crippen LogP contribution in [-0.4, -0.2) is 33.2 Å². The normalized spacial score (nSPS) is 11.6. The van der Waals surface area contributed by atoms with Crippen LogP contribution in [0.2, 0.25) is 0 Å². The number of sulfone groups is 1. The number of rotatable bonds is 8. The van der Waals surface area contributed by atoms with Crippen molar-refractivity contribution in [1.29, 1.82) is 0 Å². The molecule has 0 fully saturated rings. The second kappa shape index (κ2) is 7.13. The molecule has 0 spiro atoms. The molecule has 1 heterocycles. The van der Waals surface area contributed by atoms with E-state index in [1.165, 1.54) is 0 Å². The number of anilines is 2. The number of carbonyl (C=O) groups is 1. The molecule has 0 aromatic carbocycles. The quantitative estimate of drug-likeness (QED) is 0.755. The molecule has 8 heteroatoms. The van der Waals surface area contributed by atoms with E-state index in [2.05, 4.69) is 0 Å². The molecule has 0 aliphatic carbocycles. The minimum atomic E-state index is -3.52. The van der Waals surface area contributed by atoms with Gasteiger partial charge in [-0.3, -0.25) is 4.79 Å². The van der Waals surface area contributed by atoms with Crippen molar-refractivity contribution in [2.45, 2.75) is 38.5 Å². The molecule has 0 radical (unpaired) electrons. The molecular formula is C13H23N3O3S2. The molecule has 0 saturated carbocycles. The van der Waals surface area contributed by atoms with Crippen LogP contribution in [0.3, 0.4) is 0 Å². The topological polar surface area (TPSA) is 106 Å². The average Bonchev–Trinajstić information content (AvgIpc) is 2.77. The number of amides is 1. The molecule has 1 rings (SSSR count). The molecular weight excluding hydrogens is 310 g/mol. The molecule has 0 aliphatic rings. The molecule has 1 aromatic rings. The molecule has 6 nitrogen and oxygen atoms in total. The Morgan fingerprint density at radius 3 is 2.10 bits per heavy atom. The summed E-state index contributed by atoms with van der Waals surface area (Å²) in [5, 5.41) is 0.534. The van der Waals surface area contributed by atoms with E-state index in [4.69, 9.17) is 11.5 Å². The Morgan fingerprint density at radius 2 is 1.71 bits per heavy atom. The van der Waals surface area contributed by atoms with Crippen LogP contribution in [0.25, 0.3) is 0 Å². The van der Waals surface area contributed by atoms with Crippen LogP contribution in [0.1, 0.15) is 43.3 Å². The fourth-order valence-electron chi connectivity index (χ4n) is 2.11. The van der Waals surface area contributed by atoms with E-state index in [0.29, 0.717) is 18.1 Å². The Morgan fingerprint density at radius 1 is 1.19 bits per heavy atom. The van der Waals surface area contributed by atoms with Crippen molar-refractivity contribution in [3.63, 3.8) is 0 Å². The zero-order chi connectivity index (χ0) is 16.2. The summed E-state index contributed by atoms with van der Waals surface area (Å²) >= 11 is 1.07. The predicted molar refractivity (Wildman–Crippen MR) is 87.8 cm³/mol. The van der Waals surface area contributed by atoms with Gasteiger partial charge in [0.25, 0.3) is 5.91 Å². The van der Waals surface area contributed by atoms with Gasteiger partial charge in [-0.2, -0.15) is 0 Å². The fraction of sp³-hybridized carbons (Fsp3) is 0.615. The molecule has 0 aliphatic heterocycles. The Labute approximate surface area is 130 Å². The summed E-state index contributed by atoms with van der Waals surface area (Å²) in [5.41, 5.74) is 11.2. The van der Waals surface area contributed by atoms with Gasteiger partial charge in [-0.05, 0) is 12.8 Å². The highest BCUT2D eigenvalue weighted by molar-refractivity contribution is 7.92. The van der Waals surface area contributed by atoms with E-state index in [9.17, 15) is 13.2 Å². The van der Waals surface area contributed by atoms with Gasteiger partial charge < -0.3 is 16.4 Å². The Hall–Kier alpha value is -1.28. The summed E-state index contributed by atoms with van der Waals surface area (Å²) in [6.45, 7) is 7.01. The van der Waals surface area contributed by atoms with Gasteiger partial charge >= 0.3 is 0 Å². The zero-order valence-corrected chi connectivity index (χ0v) is 14.3. The highest BCUT2D eigenvalue weighted by atomic mass is 32.2. The largest absolute Gasteiger partial charge is 0.396 e. The lowest BCUT2D eigenvalue weighted by molar-refractivity contribution is 0.100. The SMILES string of the molecule is CCCN(CCC)c1sc(C(N)=O)c(N)c1S(=O)(=O)CC. The van der Waals surface area contributed by atoms with Gasteiger partial charge in [0.1, 0.15) is 14.8 Å². The van der Waals surface area contributed by atoms with Gasteiger partial charge in [-0.1, -0.05) is 20.8 Å². The lowest BCUT2D eigenvalue weighted by Gasteiger charge is -2.23. The summed E-state index contributed by atoms with van der Waals surface area (Å²) in [7, 11) is -3.52. The van der Waals surface area contributed by atoms with Crippen LogP contribution in [0.15, 0.2) is 4.90 Å². The zero-order valence-electron chi connectivity index (χ0n) is 12.7. The van der Waals surface area contributed by atoms with Crippen LogP contribution in [0, 0.1) is 0 Å². The number of hydrogen-bond acceptors (Lipinski definition) is 6. The summed E-state index contributed by atoms with van der Waals surface area (Å²) in [5.74, 6) is -0.755. The first-order chi connectivity index (χ1) is 9.80. The van der Waals surface area contributed by atoms with Crippen molar-refractivity contribution >= 4 is 37.8 Å². The van der Waals surface area contributed by atoms with Crippen LogP contribution >= 0.6 is 11.3 Å². The van der Waals surface area contributed by atoms with Crippen molar-refractivity contribution in [3.8, 4) is 0 Å². The standard InChI is InChI=1S/C13H23N3O3S2/c1-4-7-16(8-5-2)13-11(21(18,19)6-3)9(14)10(20-13)12(15)17/h4-8,14H2,1-3H3,(H2,15,17). The molecule has 0 saturated heterocycles. The van der Waals surface area contributed by atoms with Crippen molar-refractivity contribution in [2.24, 2.45) is 5.73 Å². The molecule has 1 amide bonds. The molecule has 120 valence electrons. The van der Waals surface area contributed by atoms with E-state index in [-0.39, 0.29) is 21.2 Å². The highest BCUT2D eigenvalue weighted by Crippen LogP contribution is 2.42. The molecule has 0 bridgehead atoms. The first-order valence-electron chi connectivity index (χ1n) is 6.99. The fourth-order valence-corrected chi connectivity index (χ4v) is 4.82. The van der Waals surface area contributed by atoms with Crippen LogP contribution in [-0.2, 0) is 9.84 Å². The summed E-state index contributed by atoms with van der Waals surface area (Å²) in [6, 6.07) is 0. The number of primary amides is 1. The summed E-state index contributed by atoms with van der Waals surface area (Å²) in [6.07, 6.45) is 1.74. The van der Waals surface area contributed by atoms with Crippen molar-refractivity contribution < 1.29 is 13.2 Å². The second-order valence-corrected chi connectivity index (χ2v) is 7.95. The number of carbonyl (C=O) groups excluding carboxylic acids is 1.